The molecule has 0 unspecified atom stereocenters. The number of hydrogen-bond acceptors (Lipinski definition) is 3. The van der Waals surface area contributed by atoms with Crippen LogP contribution in [0.2, 0.25) is 0 Å². The van der Waals surface area contributed by atoms with Crippen molar-refractivity contribution in [3.05, 3.63) is 54.0 Å². The fraction of sp³-hybridized carbons (Fsp3) is 0.214. The van der Waals surface area contributed by atoms with Gasteiger partial charge in [0.25, 0.3) is 5.91 Å². The number of carbonyl (C=O) groups excluding carboxylic acids is 1. The normalized spacial score (nSPS) is 11.2. The van der Waals surface area contributed by atoms with Gasteiger partial charge in [0.15, 0.2) is 0 Å². The third kappa shape index (κ3) is 4.27. The molecule has 2 rings (SSSR count). The molecule has 0 fully saturated rings. The van der Waals surface area contributed by atoms with E-state index in [1.165, 1.54) is 23.3 Å². The van der Waals surface area contributed by atoms with Crippen LogP contribution < -0.4 is 4.74 Å². The molecule has 0 saturated carbocycles. The molecule has 0 radical (unpaired) electrons. The molecule has 4 nitrogen and oxygen atoms in total. The summed E-state index contributed by atoms with van der Waals surface area (Å²) < 4.78 is 45.0. The van der Waals surface area contributed by atoms with Gasteiger partial charge in [-0.3, -0.25) is 4.79 Å². The van der Waals surface area contributed by atoms with E-state index in [0.29, 0.717) is 5.76 Å². The minimum atomic E-state index is -4.75. The van der Waals surface area contributed by atoms with Gasteiger partial charge in [0.05, 0.1) is 12.8 Å². The maximum atomic E-state index is 12.1. The molecule has 1 amide bonds. The number of ether oxygens (including phenoxy) is 1. The number of carbonyl (C=O) groups is 1. The van der Waals surface area contributed by atoms with Crippen molar-refractivity contribution in [2.24, 2.45) is 0 Å². The molecule has 0 aliphatic heterocycles. The summed E-state index contributed by atoms with van der Waals surface area (Å²) in [5, 5.41) is 0. The topological polar surface area (TPSA) is 42.7 Å². The van der Waals surface area contributed by atoms with Gasteiger partial charge < -0.3 is 14.1 Å². The van der Waals surface area contributed by atoms with E-state index < -0.39 is 6.36 Å². The Balaban J connectivity index is 2.02. The van der Waals surface area contributed by atoms with E-state index >= 15 is 0 Å². The van der Waals surface area contributed by atoms with Crippen molar-refractivity contribution in [1.29, 1.82) is 0 Å². The Bertz CT molecular complexity index is 591. The lowest BCUT2D eigenvalue weighted by atomic mass is 10.2. The van der Waals surface area contributed by atoms with Gasteiger partial charge in [0, 0.05) is 12.6 Å². The zero-order valence-corrected chi connectivity index (χ0v) is 11.1. The van der Waals surface area contributed by atoms with Crippen molar-refractivity contribution >= 4 is 5.91 Å². The first kappa shape index (κ1) is 15.0. The van der Waals surface area contributed by atoms with E-state index in [4.69, 9.17) is 4.42 Å². The van der Waals surface area contributed by atoms with Crippen LogP contribution in [0.4, 0.5) is 13.2 Å². The lowest BCUT2D eigenvalue weighted by Crippen LogP contribution is -2.26. The van der Waals surface area contributed by atoms with Crippen molar-refractivity contribution < 1.29 is 27.1 Å². The van der Waals surface area contributed by atoms with Crippen LogP contribution in [0, 0.1) is 0 Å². The molecule has 112 valence electrons. The van der Waals surface area contributed by atoms with Crippen molar-refractivity contribution in [2.45, 2.75) is 12.9 Å². The van der Waals surface area contributed by atoms with E-state index in [2.05, 4.69) is 4.74 Å². The Kier molecular flexibility index (Phi) is 4.21. The first-order valence-electron chi connectivity index (χ1n) is 5.99. The maximum absolute atomic E-state index is 12.1. The summed E-state index contributed by atoms with van der Waals surface area (Å²) in [6, 6.07) is 8.19. The molecule has 1 aromatic carbocycles. The number of benzene rings is 1. The van der Waals surface area contributed by atoms with Gasteiger partial charge in [-0.2, -0.15) is 0 Å². The number of amides is 1. The number of rotatable bonds is 4. The summed E-state index contributed by atoms with van der Waals surface area (Å²) in [6.45, 7) is 0.270. The molecule has 0 aliphatic rings. The summed E-state index contributed by atoms with van der Waals surface area (Å²) in [5.74, 6) is -0.0828. The monoisotopic (exact) mass is 299 g/mol. The van der Waals surface area contributed by atoms with Gasteiger partial charge in [-0.25, -0.2) is 0 Å². The third-order valence-corrected chi connectivity index (χ3v) is 2.65. The second kappa shape index (κ2) is 5.90. The van der Waals surface area contributed by atoms with Crippen molar-refractivity contribution in [3.8, 4) is 5.75 Å². The van der Waals surface area contributed by atoms with Crippen LogP contribution in [0.5, 0.6) is 5.75 Å². The Morgan fingerprint density at radius 3 is 2.43 bits per heavy atom. The Morgan fingerprint density at radius 1 is 1.24 bits per heavy atom. The highest BCUT2D eigenvalue weighted by molar-refractivity contribution is 5.94. The maximum Gasteiger partial charge on any atom is 0.573 e. The number of halogens is 3. The number of hydrogen-bond donors (Lipinski definition) is 0. The van der Waals surface area contributed by atoms with Gasteiger partial charge >= 0.3 is 6.36 Å². The van der Waals surface area contributed by atoms with Crippen LogP contribution in [0.15, 0.2) is 47.1 Å². The zero-order valence-electron chi connectivity index (χ0n) is 11.1. The Morgan fingerprint density at radius 2 is 1.90 bits per heavy atom. The highest BCUT2D eigenvalue weighted by Gasteiger charge is 2.31. The van der Waals surface area contributed by atoms with Crippen molar-refractivity contribution in [1.82, 2.24) is 4.90 Å². The predicted octanol–water partition coefficient (Wildman–Crippen LogP) is 3.45. The second-order valence-electron chi connectivity index (χ2n) is 4.31. The molecule has 0 N–H and O–H groups in total. The van der Waals surface area contributed by atoms with E-state index in [1.807, 2.05) is 0 Å². The van der Waals surface area contributed by atoms with Crippen LogP contribution in [0.3, 0.4) is 0 Å². The summed E-state index contributed by atoms with van der Waals surface area (Å²) in [4.78, 5) is 13.5. The summed E-state index contributed by atoms with van der Waals surface area (Å²) in [7, 11) is 1.57. The molecule has 21 heavy (non-hydrogen) atoms. The van der Waals surface area contributed by atoms with Gasteiger partial charge in [0.1, 0.15) is 11.5 Å². The molecule has 0 saturated heterocycles. The zero-order chi connectivity index (χ0) is 15.5. The molecular weight excluding hydrogens is 287 g/mol. The molecule has 0 spiro atoms. The molecule has 0 aliphatic carbocycles. The van der Waals surface area contributed by atoms with Gasteiger partial charge in [-0.15, -0.1) is 13.2 Å². The van der Waals surface area contributed by atoms with Gasteiger partial charge in [-0.1, -0.05) is 0 Å². The number of furan rings is 1. The van der Waals surface area contributed by atoms with Gasteiger partial charge in [-0.05, 0) is 36.4 Å². The summed E-state index contributed by atoms with van der Waals surface area (Å²) in [5.41, 5.74) is 0.263. The summed E-state index contributed by atoms with van der Waals surface area (Å²) in [6.07, 6.45) is -3.25. The molecular formula is C14H12F3NO3. The SMILES string of the molecule is CN(Cc1ccco1)C(=O)c1ccc(OC(F)(F)F)cc1. The molecule has 1 aromatic heterocycles. The van der Waals surface area contributed by atoms with Crippen molar-refractivity contribution in [3.63, 3.8) is 0 Å². The van der Waals surface area contributed by atoms with Gasteiger partial charge in [0.2, 0.25) is 0 Å². The first-order chi connectivity index (χ1) is 9.85. The second-order valence-corrected chi connectivity index (χ2v) is 4.31. The smallest absolute Gasteiger partial charge is 0.467 e. The fourth-order valence-electron chi connectivity index (χ4n) is 1.73. The molecule has 0 atom stereocenters. The van der Waals surface area contributed by atoms with E-state index in [0.717, 1.165) is 12.1 Å². The van der Waals surface area contributed by atoms with Crippen LogP contribution in [-0.2, 0) is 6.54 Å². The predicted molar refractivity (Wildman–Crippen MR) is 67.6 cm³/mol. The molecule has 7 heteroatoms. The van der Waals surface area contributed by atoms with Crippen LogP contribution >= 0.6 is 0 Å². The molecule has 0 bridgehead atoms. The first-order valence-corrected chi connectivity index (χ1v) is 5.99. The third-order valence-electron chi connectivity index (χ3n) is 2.65. The molecule has 1 heterocycles. The van der Waals surface area contributed by atoms with Crippen molar-refractivity contribution in [2.75, 3.05) is 7.05 Å². The minimum absolute atomic E-state index is 0.263. The van der Waals surface area contributed by atoms with E-state index in [9.17, 15) is 18.0 Å². The Hall–Kier alpha value is -2.44. The average Bonchev–Trinajstić information content (AvgIpc) is 2.90. The average molecular weight is 299 g/mol. The highest BCUT2D eigenvalue weighted by atomic mass is 19.4. The number of nitrogens with zero attached hydrogens (tertiary/aromatic N) is 1. The summed E-state index contributed by atoms with van der Waals surface area (Å²) >= 11 is 0. The standard InChI is InChI=1S/C14H12F3NO3/c1-18(9-12-3-2-8-20-12)13(19)10-4-6-11(7-5-10)21-14(15,16)17/h2-8H,9H2,1H3. The largest absolute Gasteiger partial charge is 0.573 e. The molecule has 2 aromatic rings. The van der Waals surface area contributed by atoms with E-state index in [1.54, 1.807) is 19.2 Å². The lowest BCUT2D eigenvalue weighted by Gasteiger charge is -2.16. The number of alkyl halides is 3. The van der Waals surface area contributed by atoms with Crippen LogP contribution in [0.1, 0.15) is 16.1 Å². The minimum Gasteiger partial charge on any atom is -0.467 e. The lowest BCUT2D eigenvalue weighted by molar-refractivity contribution is -0.274. The quantitative estimate of drug-likeness (QED) is 0.868. The Labute approximate surface area is 118 Å². The fourth-order valence-corrected chi connectivity index (χ4v) is 1.73. The van der Waals surface area contributed by atoms with Crippen LogP contribution in [0.25, 0.3) is 0 Å². The van der Waals surface area contributed by atoms with Crippen LogP contribution in [-0.4, -0.2) is 24.2 Å². The van der Waals surface area contributed by atoms with E-state index in [-0.39, 0.29) is 23.8 Å². The highest BCUT2D eigenvalue weighted by Crippen LogP contribution is 2.23.